The molecule has 37 heavy (non-hydrogen) atoms. The molecule has 0 saturated carbocycles. The van der Waals surface area contributed by atoms with E-state index in [9.17, 15) is 28.1 Å². The largest absolute Gasteiger partial charge is 0.492 e. The van der Waals surface area contributed by atoms with E-state index in [1.807, 2.05) is 0 Å². The minimum atomic E-state index is -4.68. The van der Waals surface area contributed by atoms with Crippen molar-refractivity contribution in [1.29, 1.82) is 0 Å². The van der Waals surface area contributed by atoms with Crippen LogP contribution in [0.2, 0.25) is 0 Å². The maximum atomic E-state index is 13.0. The fourth-order valence-electron chi connectivity index (χ4n) is 3.67. The monoisotopic (exact) mass is 520 g/mol. The van der Waals surface area contributed by atoms with Crippen LogP contribution in [0.4, 0.5) is 30.4 Å². The molecule has 3 heterocycles. The van der Waals surface area contributed by atoms with Crippen LogP contribution in [0.25, 0.3) is 5.82 Å². The van der Waals surface area contributed by atoms with Crippen LogP contribution < -0.4 is 10.1 Å². The number of aromatic nitrogens is 3. The number of hydrogen-bond donors (Lipinski definition) is 1. The van der Waals surface area contributed by atoms with Gasteiger partial charge in [-0.2, -0.15) is 18.3 Å². The average molecular weight is 520 g/mol. The second kappa shape index (κ2) is 10.9. The molecule has 1 aromatic carbocycles. The van der Waals surface area contributed by atoms with Gasteiger partial charge in [-0.1, -0.05) is 0 Å². The Balaban J connectivity index is 1.55. The van der Waals surface area contributed by atoms with Gasteiger partial charge in [-0.25, -0.2) is 9.67 Å². The van der Waals surface area contributed by atoms with Crippen LogP contribution in [-0.4, -0.2) is 69.8 Å². The summed E-state index contributed by atoms with van der Waals surface area (Å²) in [6, 6.07) is 7.78. The highest BCUT2D eigenvalue weighted by Crippen LogP contribution is 2.32. The molecule has 0 radical (unpaired) electrons. The number of morpholine rings is 1. The molecule has 1 N–H and O–H groups in total. The zero-order chi connectivity index (χ0) is 26.6. The summed E-state index contributed by atoms with van der Waals surface area (Å²) in [5.41, 5.74) is -1.33. The molecule has 2 aromatic heterocycles. The molecule has 0 bridgehead atoms. The summed E-state index contributed by atoms with van der Waals surface area (Å²) in [6.07, 6.45) is -3.64. The van der Waals surface area contributed by atoms with Gasteiger partial charge in [0.25, 0.3) is 5.69 Å². The Morgan fingerprint density at radius 3 is 2.62 bits per heavy atom. The molecule has 14 heteroatoms. The minimum Gasteiger partial charge on any atom is -0.492 e. The van der Waals surface area contributed by atoms with Gasteiger partial charge in [0.05, 0.1) is 29.8 Å². The molecule has 196 valence electrons. The number of ether oxygens (including phenoxy) is 2. The number of carbonyl (C=O) groups excluding carboxylic acids is 1. The predicted molar refractivity (Wildman–Crippen MR) is 125 cm³/mol. The van der Waals surface area contributed by atoms with E-state index in [1.54, 1.807) is 6.07 Å². The van der Waals surface area contributed by atoms with Crippen molar-refractivity contribution in [3.8, 4) is 11.6 Å². The molecule has 11 nitrogen and oxygen atoms in total. The first-order chi connectivity index (χ1) is 17.6. The molecule has 0 amide bonds. The lowest BCUT2D eigenvalue weighted by Crippen LogP contribution is -2.38. The normalized spacial score (nSPS) is 14.4. The molecule has 1 aliphatic heterocycles. The molecule has 1 saturated heterocycles. The molecule has 0 spiro atoms. The third kappa shape index (κ3) is 6.40. The smallest absolute Gasteiger partial charge is 0.435 e. The van der Waals surface area contributed by atoms with Crippen molar-refractivity contribution >= 4 is 23.0 Å². The van der Waals surface area contributed by atoms with Gasteiger partial charge in [0.15, 0.2) is 17.3 Å². The van der Waals surface area contributed by atoms with Gasteiger partial charge in [-0.15, -0.1) is 0 Å². The number of carbonyl (C=O) groups is 1. The summed E-state index contributed by atoms with van der Waals surface area (Å²) in [5, 5.41) is 18.0. The van der Waals surface area contributed by atoms with E-state index in [0.717, 1.165) is 30.0 Å². The van der Waals surface area contributed by atoms with E-state index in [0.29, 0.717) is 32.1 Å². The van der Waals surface area contributed by atoms with Gasteiger partial charge in [0.2, 0.25) is 0 Å². The number of benzene rings is 1. The number of rotatable bonds is 9. The fraction of sp³-hybridized carbons (Fsp3) is 0.348. The predicted octanol–water partition coefficient (Wildman–Crippen LogP) is 3.85. The van der Waals surface area contributed by atoms with Crippen molar-refractivity contribution in [3.63, 3.8) is 0 Å². The number of nitrogens with one attached hydrogen (secondary N) is 1. The summed E-state index contributed by atoms with van der Waals surface area (Å²) in [7, 11) is 0. The summed E-state index contributed by atoms with van der Waals surface area (Å²) < 4.78 is 50.9. The van der Waals surface area contributed by atoms with Crippen molar-refractivity contribution in [2.24, 2.45) is 0 Å². The number of nitro groups is 1. The molecular weight excluding hydrogens is 497 g/mol. The lowest BCUT2D eigenvalue weighted by Gasteiger charge is -2.26. The van der Waals surface area contributed by atoms with Crippen LogP contribution in [0.1, 0.15) is 23.0 Å². The van der Waals surface area contributed by atoms with Gasteiger partial charge in [0.1, 0.15) is 23.9 Å². The van der Waals surface area contributed by atoms with Crippen LogP contribution in [0.3, 0.4) is 0 Å². The number of pyridine rings is 1. The third-order valence-electron chi connectivity index (χ3n) is 5.56. The van der Waals surface area contributed by atoms with E-state index in [1.165, 1.54) is 31.2 Å². The number of Topliss-reactive ketones (excluding diaryl/α,β-unsaturated/α-hetero) is 1. The van der Waals surface area contributed by atoms with Gasteiger partial charge in [0, 0.05) is 25.8 Å². The van der Waals surface area contributed by atoms with Gasteiger partial charge < -0.3 is 14.8 Å². The molecular formula is C23H23F3N6O5. The topological polar surface area (TPSA) is 125 Å². The number of nitrogens with zero attached hydrogens (tertiary/aromatic N) is 5. The highest BCUT2D eigenvalue weighted by Gasteiger charge is 2.34. The standard InChI is InChI=1S/C23H23F3N6O5/c1-15(33)17-3-5-21(28-22(17)31-7-6-20(29-31)23(24,25)26)27-18-4-2-16(14-19(18)32(34)35)37-13-10-30-8-11-36-12-9-30/h2-7,14H,8-13H2,1H3,(H,27,28). The SMILES string of the molecule is CC(=O)c1ccc(Nc2ccc(OCCN3CCOCC3)cc2[N+](=O)[O-])nc1-n1ccc(C(F)(F)F)n1. The fourth-order valence-corrected chi connectivity index (χ4v) is 3.67. The Morgan fingerprint density at radius 2 is 1.97 bits per heavy atom. The lowest BCUT2D eigenvalue weighted by atomic mass is 10.2. The van der Waals surface area contributed by atoms with Crippen LogP contribution in [-0.2, 0) is 10.9 Å². The van der Waals surface area contributed by atoms with E-state index >= 15 is 0 Å². The van der Waals surface area contributed by atoms with Gasteiger partial charge in [-0.05, 0) is 37.3 Å². The second-order valence-electron chi connectivity index (χ2n) is 8.13. The first-order valence-corrected chi connectivity index (χ1v) is 11.3. The zero-order valence-corrected chi connectivity index (χ0v) is 19.7. The maximum absolute atomic E-state index is 13.0. The number of hydrogen-bond acceptors (Lipinski definition) is 9. The molecule has 1 aliphatic rings. The Morgan fingerprint density at radius 1 is 1.22 bits per heavy atom. The first kappa shape index (κ1) is 26.0. The molecule has 3 aromatic rings. The van der Waals surface area contributed by atoms with Crippen molar-refractivity contribution in [2.75, 3.05) is 44.8 Å². The maximum Gasteiger partial charge on any atom is 0.435 e. The summed E-state index contributed by atoms with van der Waals surface area (Å²) in [4.78, 5) is 29.5. The van der Waals surface area contributed by atoms with E-state index < -0.39 is 22.6 Å². The van der Waals surface area contributed by atoms with Crippen LogP contribution in [0.15, 0.2) is 42.6 Å². The Bertz CT molecular complexity index is 1290. The van der Waals surface area contributed by atoms with Crippen LogP contribution in [0, 0.1) is 10.1 Å². The molecule has 0 unspecified atom stereocenters. The number of alkyl halides is 3. The minimum absolute atomic E-state index is 0.0286. The summed E-state index contributed by atoms with van der Waals surface area (Å²) in [5.74, 6) is -0.225. The highest BCUT2D eigenvalue weighted by atomic mass is 19.4. The van der Waals surface area contributed by atoms with E-state index in [4.69, 9.17) is 9.47 Å². The summed E-state index contributed by atoms with van der Waals surface area (Å²) >= 11 is 0. The molecule has 1 fully saturated rings. The summed E-state index contributed by atoms with van der Waals surface area (Å²) in [6.45, 7) is 5.11. The number of nitro benzene ring substituents is 1. The second-order valence-corrected chi connectivity index (χ2v) is 8.13. The van der Waals surface area contributed by atoms with E-state index in [2.05, 4.69) is 20.3 Å². The lowest BCUT2D eigenvalue weighted by molar-refractivity contribution is -0.384. The third-order valence-corrected chi connectivity index (χ3v) is 5.56. The van der Waals surface area contributed by atoms with Crippen LogP contribution >= 0.6 is 0 Å². The Labute approximate surface area is 208 Å². The Kier molecular flexibility index (Phi) is 7.69. The van der Waals surface area contributed by atoms with Crippen molar-refractivity contribution in [2.45, 2.75) is 13.1 Å². The highest BCUT2D eigenvalue weighted by molar-refractivity contribution is 5.97. The number of anilines is 2. The van der Waals surface area contributed by atoms with Gasteiger partial charge >= 0.3 is 6.18 Å². The number of halogens is 3. The van der Waals surface area contributed by atoms with Crippen LogP contribution in [0.5, 0.6) is 5.75 Å². The average Bonchev–Trinajstić information content (AvgIpc) is 3.36. The molecule has 0 aliphatic carbocycles. The quantitative estimate of drug-likeness (QED) is 0.254. The first-order valence-electron chi connectivity index (χ1n) is 11.3. The Hall–Kier alpha value is -4.04. The van der Waals surface area contributed by atoms with Crippen molar-refractivity contribution in [3.05, 3.63) is 64.0 Å². The van der Waals surface area contributed by atoms with Crippen molar-refractivity contribution in [1.82, 2.24) is 19.7 Å². The van der Waals surface area contributed by atoms with E-state index in [-0.39, 0.29) is 28.6 Å². The number of ketones is 1. The zero-order valence-electron chi connectivity index (χ0n) is 19.7. The molecule has 0 atom stereocenters. The van der Waals surface area contributed by atoms with Crippen molar-refractivity contribution < 1.29 is 32.4 Å². The van der Waals surface area contributed by atoms with Gasteiger partial charge in [-0.3, -0.25) is 19.8 Å². The molecule has 4 rings (SSSR count).